The van der Waals surface area contributed by atoms with E-state index >= 15 is 0 Å². The predicted molar refractivity (Wildman–Crippen MR) is 116 cm³/mol. The Kier molecular flexibility index (Phi) is 6.63. The van der Waals surface area contributed by atoms with Crippen molar-refractivity contribution in [1.82, 2.24) is 0 Å². The van der Waals surface area contributed by atoms with Crippen LogP contribution in [0.15, 0.2) is 29.8 Å². The number of phenols is 1. The van der Waals surface area contributed by atoms with Gasteiger partial charge in [-0.1, -0.05) is 11.6 Å². The first-order valence-corrected chi connectivity index (χ1v) is 9.90. The number of methoxy groups -OCH3 is 4. The van der Waals surface area contributed by atoms with Crippen molar-refractivity contribution in [2.45, 2.75) is 32.8 Å². The molecule has 1 aliphatic rings. The summed E-state index contributed by atoms with van der Waals surface area (Å²) in [6.07, 6.45) is 1.90. The van der Waals surface area contributed by atoms with Crippen LogP contribution < -0.4 is 23.7 Å². The lowest BCUT2D eigenvalue weighted by molar-refractivity contribution is 0.0843. The van der Waals surface area contributed by atoms with Gasteiger partial charge in [-0.3, -0.25) is 4.79 Å². The smallest absolute Gasteiger partial charge is 0.203 e. The fourth-order valence-electron chi connectivity index (χ4n) is 3.65. The monoisotopic (exact) mass is 428 g/mol. The first-order valence-electron chi connectivity index (χ1n) is 9.90. The minimum Gasteiger partial charge on any atom is -0.507 e. The van der Waals surface area contributed by atoms with E-state index in [1.54, 1.807) is 18.2 Å². The third-order valence-corrected chi connectivity index (χ3v) is 5.24. The number of carbonyl (C=O) groups is 1. The van der Waals surface area contributed by atoms with E-state index < -0.39 is 6.10 Å². The van der Waals surface area contributed by atoms with Crippen molar-refractivity contribution in [3.63, 3.8) is 0 Å². The summed E-state index contributed by atoms with van der Waals surface area (Å²) in [6.45, 7) is 3.94. The van der Waals surface area contributed by atoms with Crippen molar-refractivity contribution in [3.05, 3.63) is 46.5 Å². The quantitative estimate of drug-likeness (QED) is 0.643. The molecule has 0 aromatic heterocycles. The van der Waals surface area contributed by atoms with Gasteiger partial charge in [-0.05, 0) is 32.4 Å². The van der Waals surface area contributed by atoms with Crippen molar-refractivity contribution in [2.75, 3.05) is 28.4 Å². The van der Waals surface area contributed by atoms with E-state index in [4.69, 9.17) is 23.7 Å². The van der Waals surface area contributed by atoms with Crippen LogP contribution in [0.5, 0.6) is 34.5 Å². The van der Waals surface area contributed by atoms with Crippen LogP contribution in [0, 0.1) is 0 Å². The molecule has 1 aliphatic heterocycles. The molecule has 1 atom stereocenters. The molecule has 0 bridgehead atoms. The molecule has 0 saturated carbocycles. The largest absolute Gasteiger partial charge is 0.507 e. The number of fused-ring (bicyclic) bond motifs is 1. The summed E-state index contributed by atoms with van der Waals surface area (Å²) < 4.78 is 27.8. The molecule has 2 aromatic rings. The molecule has 0 saturated heterocycles. The van der Waals surface area contributed by atoms with Gasteiger partial charge in [0.1, 0.15) is 28.9 Å². The number of allylic oxidation sites excluding steroid dienone is 2. The third-order valence-electron chi connectivity index (χ3n) is 5.24. The van der Waals surface area contributed by atoms with Gasteiger partial charge in [0, 0.05) is 17.2 Å². The zero-order valence-corrected chi connectivity index (χ0v) is 18.7. The number of ketones is 1. The molecular weight excluding hydrogens is 400 g/mol. The number of carbonyl (C=O) groups excluding carboxylic acids is 1. The summed E-state index contributed by atoms with van der Waals surface area (Å²) in [5.74, 6) is 1.84. The standard InChI is InChI=1S/C24H28O7/c1-13(2)7-8-15-18(27-3)12-19-22(23(15)26)16(25)11-17(31-19)14-9-20(28-4)24(30-6)21(10-14)29-5/h7,9-10,12,17,26H,8,11H2,1-6H3/t17-/m0/s1. The van der Waals surface area contributed by atoms with Crippen LogP contribution in [-0.2, 0) is 6.42 Å². The van der Waals surface area contributed by atoms with Crippen LogP contribution in [0.1, 0.15) is 47.9 Å². The van der Waals surface area contributed by atoms with Gasteiger partial charge in [0.25, 0.3) is 0 Å². The first-order chi connectivity index (χ1) is 14.8. The minimum atomic E-state index is -0.582. The number of benzene rings is 2. The molecule has 0 unspecified atom stereocenters. The molecule has 0 radical (unpaired) electrons. The van der Waals surface area contributed by atoms with Crippen molar-refractivity contribution in [3.8, 4) is 34.5 Å². The number of aromatic hydroxyl groups is 1. The Hall–Kier alpha value is -3.35. The van der Waals surface area contributed by atoms with E-state index in [1.807, 2.05) is 19.9 Å². The van der Waals surface area contributed by atoms with E-state index in [0.717, 1.165) is 5.57 Å². The van der Waals surface area contributed by atoms with Crippen molar-refractivity contribution >= 4 is 5.78 Å². The summed E-state index contributed by atoms with van der Waals surface area (Å²) in [6, 6.07) is 5.17. The second-order valence-corrected chi connectivity index (χ2v) is 7.46. The second kappa shape index (κ2) is 9.20. The summed E-state index contributed by atoms with van der Waals surface area (Å²) in [5.41, 5.74) is 2.54. The van der Waals surface area contributed by atoms with Gasteiger partial charge in [-0.25, -0.2) is 0 Å². The Balaban J connectivity index is 2.05. The van der Waals surface area contributed by atoms with Crippen LogP contribution in [0.4, 0.5) is 0 Å². The number of phenolic OH excluding ortho intramolecular Hbond substituents is 1. The third kappa shape index (κ3) is 4.26. The molecule has 0 spiro atoms. The van der Waals surface area contributed by atoms with Gasteiger partial charge >= 0.3 is 0 Å². The topological polar surface area (TPSA) is 83.5 Å². The molecule has 1 heterocycles. The molecule has 3 rings (SSSR count). The summed E-state index contributed by atoms with van der Waals surface area (Å²) in [7, 11) is 6.10. The van der Waals surface area contributed by atoms with E-state index in [1.165, 1.54) is 28.4 Å². The van der Waals surface area contributed by atoms with E-state index in [9.17, 15) is 9.90 Å². The molecule has 1 N–H and O–H groups in total. The zero-order valence-electron chi connectivity index (χ0n) is 18.7. The molecule has 7 heteroatoms. The molecule has 166 valence electrons. The van der Waals surface area contributed by atoms with E-state index in [2.05, 4.69) is 0 Å². The Morgan fingerprint density at radius 1 is 1.03 bits per heavy atom. The van der Waals surface area contributed by atoms with Gasteiger partial charge in [-0.15, -0.1) is 0 Å². The van der Waals surface area contributed by atoms with Crippen LogP contribution in [0.2, 0.25) is 0 Å². The lowest BCUT2D eigenvalue weighted by Gasteiger charge is -2.28. The van der Waals surface area contributed by atoms with E-state index in [-0.39, 0.29) is 29.3 Å². The lowest BCUT2D eigenvalue weighted by Crippen LogP contribution is -2.21. The average molecular weight is 428 g/mol. The molecule has 7 nitrogen and oxygen atoms in total. The van der Waals surface area contributed by atoms with Gasteiger partial charge < -0.3 is 28.8 Å². The minimum absolute atomic E-state index is 0.0631. The maximum absolute atomic E-state index is 13.0. The number of rotatable bonds is 7. The summed E-state index contributed by atoms with van der Waals surface area (Å²) in [4.78, 5) is 13.0. The molecule has 0 amide bonds. The zero-order chi connectivity index (χ0) is 22.7. The molecule has 2 aromatic carbocycles. The fraction of sp³-hybridized carbons (Fsp3) is 0.375. The highest BCUT2D eigenvalue weighted by molar-refractivity contribution is 6.03. The highest BCUT2D eigenvalue weighted by Gasteiger charge is 2.33. The van der Waals surface area contributed by atoms with Gasteiger partial charge in [-0.2, -0.15) is 0 Å². The highest BCUT2D eigenvalue weighted by atomic mass is 16.5. The molecular formula is C24H28O7. The van der Waals surface area contributed by atoms with E-state index in [0.29, 0.717) is 40.5 Å². The van der Waals surface area contributed by atoms with Crippen molar-refractivity contribution < 1.29 is 33.6 Å². The molecule has 0 fully saturated rings. The Bertz CT molecular complexity index is 994. The van der Waals surface area contributed by atoms with Gasteiger partial charge in [0.05, 0.1) is 34.9 Å². The van der Waals surface area contributed by atoms with Crippen LogP contribution in [0.25, 0.3) is 0 Å². The number of ether oxygens (including phenoxy) is 5. The van der Waals surface area contributed by atoms with Gasteiger partial charge in [0.2, 0.25) is 5.75 Å². The first kappa shape index (κ1) is 22.3. The van der Waals surface area contributed by atoms with Gasteiger partial charge in [0.15, 0.2) is 17.3 Å². The Labute approximate surface area is 182 Å². The number of hydrogen-bond acceptors (Lipinski definition) is 7. The number of hydrogen-bond donors (Lipinski definition) is 1. The van der Waals surface area contributed by atoms with Crippen molar-refractivity contribution in [2.24, 2.45) is 0 Å². The molecule has 0 aliphatic carbocycles. The summed E-state index contributed by atoms with van der Waals surface area (Å²) in [5, 5.41) is 10.9. The average Bonchev–Trinajstić information content (AvgIpc) is 2.76. The Morgan fingerprint density at radius 2 is 1.65 bits per heavy atom. The fourth-order valence-corrected chi connectivity index (χ4v) is 3.65. The van der Waals surface area contributed by atoms with Crippen LogP contribution in [0.3, 0.4) is 0 Å². The normalized spacial score (nSPS) is 14.9. The highest BCUT2D eigenvalue weighted by Crippen LogP contribution is 2.47. The predicted octanol–water partition coefficient (Wildman–Crippen LogP) is 4.64. The maximum atomic E-state index is 13.0. The lowest BCUT2D eigenvalue weighted by atomic mass is 9.92. The Morgan fingerprint density at radius 3 is 2.16 bits per heavy atom. The number of Topliss-reactive ketones (excluding diaryl/α,β-unsaturated/α-hetero) is 1. The second-order valence-electron chi connectivity index (χ2n) is 7.46. The molecule has 31 heavy (non-hydrogen) atoms. The maximum Gasteiger partial charge on any atom is 0.203 e. The van der Waals surface area contributed by atoms with Crippen molar-refractivity contribution in [1.29, 1.82) is 0 Å². The summed E-state index contributed by atoms with van der Waals surface area (Å²) >= 11 is 0. The SMILES string of the molecule is COc1cc2c(c(O)c1CC=C(C)C)C(=O)C[C@@H](c1cc(OC)c(OC)c(OC)c1)O2. The van der Waals surface area contributed by atoms with Crippen LogP contribution >= 0.6 is 0 Å². The van der Waals surface area contributed by atoms with Crippen LogP contribution in [-0.4, -0.2) is 39.3 Å².